The molecule has 2 amide bonds. The molecule has 7 nitrogen and oxygen atoms in total. The van der Waals surface area contributed by atoms with E-state index in [2.05, 4.69) is 14.8 Å². The molecule has 2 aliphatic rings. The molecule has 0 radical (unpaired) electrons. The van der Waals surface area contributed by atoms with Gasteiger partial charge in [-0.05, 0) is 25.3 Å². The Hall–Kier alpha value is -2.70. The highest BCUT2D eigenvalue weighted by Gasteiger charge is 2.30. The molecule has 3 heterocycles. The van der Waals surface area contributed by atoms with Gasteiger partial charge >= 0.3 is 0 Å². The van der Waals surface area contributed by atoms with Crippen LogP contribution in [0.2, 0.25) is 0 Å². The molecule has 1 fully saturated rings. The second-order valence-corrected chi connectivity index (χ2v) is 8.11. The minimum absolute atomic E-state index is 0.143. The Labute approximate surface area is 171 Å². The van der Waals surface area contributed by atoms with E-state index in [-0.39, 0.29) is 17.7 Å². The summed E-state index contributed by atoms with van der Waals surface area (Å²) < 4.78 is 2.22. The van der Waals surface area contributed by atoms with Gasteiger partial charge in [0.25, 0.3) is 0 Å². The van der Waals surface area contributed by atoms with Crippen molar-refractivity contribution in [2.75, 3.05) is 26.2 Å². The van der Waals surface area contributed by atoms with Gasteiger partial charge in [-0.1, -0.05) is 30.3 Å². The first-order valence-corrected chi connectivity index (χ1v) is 10.6. The summed E-state index contributed by atoms with van der Waals surface area (Å²) in [7, 11) is 0. The van der Waals surface area contributed by atoms with Gasteiger partial charge < -0.3 is 14.4 Å². The zero-order valence-corrected chi connectivity index (χ0v) is 17.3. The topological polar surface area (TPSA) is 71.3 Å². The van der Waals surface area contributed by atoms with E-state index in [1.54, 1.807) is 6.92 Å². The van der Waals surface area contributed by atoms with Gasteiger partial charge in [-0.25, -0.2) is 0 Å². The number of amides is 2. The fraction of sp³-hybridized carbons (Fsp3) is 0.545. The second-order valence-electron chi connectivity index (χ2n) is 8.11. The minimum Gasteiger partial charge on any atom is -0.343 e. The number of hydrogen-bond donors (Lipinski definition) is 0. The normalized spacial score (nSPS) is 18.8. The molecule has 4 rings (SSSR count). The average Bonchev–Trinajstić information content (AvgIpc) is 3.04. The van der Waals surface area contributed by atoms with Crippen LogP contribution in [0.3, 0.4) is 0 Å². The van der Waals surface area contributed by atoms with Gasteiger partial charge in [0.05, 0.1) is 5.92 Å². The number of rotatable bonds is 3. The number of carbonyl (C=O) groups excluding carboxylic acids is 2. The van der Waals surface area contributed by atoms with Crippen LogP contribution < -0.4 is 0 Å². The first-order valence-electron chi connectivity index (χ1n) is 10.6. The Kier molecular flexibility index (Phi) is 5.65. The Morgan fingerprint density at radius 3 is 2.38 bits per heavy atom. The van der Waals surface area contributed by atoms with Crippen LogP contribution in [0.15, 0.2) is 30.3 Å². The zero-order valence-electron chi connectivity index (χ0n) is 17.3. The van der Waals surface area contributed by atoms with Crippen LogP contribution in [0.4, 0.5) is 0 Å². The van der Waals surface area contributed by atoms with Crippen molar-refractivity contribution >= 4 is 11.8 Å². The van der Waals surface area contributed by atoms with E-state index < -0.39 is 0 Å². The maximum Gasteiger partial charge on any atom is 0.229 e. The highest BCUT2D eigenvalue weighted by Crippen LogP contribution is 2.28. The number of carbonyl (C=O) groups is 2. The maximum absolute atomic E-state index is 13.1. The molecule has 1 atom stereocenters. The van der Waals surface area contributed by atoms with Crippen molar-refractivity contribution < 1.29 is 9.59 Å². The minimum atomic E-state index is -0.143. The first-order chi connectivity index (χ1) is 14.0. The fourth-order valence-corrected chi connectivity index (χ4v) is 4.48. The van der Waals surface area contributed by atoms with Gasteiger partial charge in [-0.3, -0.25) is 9.59 Å². The number of benzene rings is 1. The molecule has 2 aliphatic heterocycles. The summed E-state index contributed by atoms with van der Waals surface area (Å²) in [5.74, 6) is 2.49. The van der Waals surface area contributed by atoms with E-state index in [1.807, 2.05) is 47.1 Å². The predicted molar refractivity (Wildman–Crippen MR) is 109 cm³/mol. The summed E-state index contributed by atoms with van der Waals surface area (Å²) in [5, 5.41) is 8.93. The third-order valence-corrected chi connectivity index (χ3v) is 6.34. The van der Waals surface area contributed by atoms with Gasteiger partial charge in [0.2, 0.25) is 11.8 Å². The first kappa shape index (κ1) is 19.6. The second kappa shape index (κ2) is 8.35. The number of piperidine rings is 1. The molecule has 29 heavy (non-hydrogen) atoms. The van der Waals surface area contributed by atoms with Crippen molar-refractivity contribution in [3.8, 4) is 0 Å². The highest BCUT2D eigenvalue weighted by molar-refractivity contribution is 5.83. The molecule has 154 valence electrons. The molecule has 0 saturated carbocycles. The smallest absolute Gasteiger partial charge is 0.229 e. The summed E-state index contributed by atoms with van der Waals surface area (Å²) >= 11 is 0. The molecule has 7 heteroatoms. The molecule has 0 N–H and O–H groups in total. The van der Waals surface area contributed by atoms with E-state index in [0.717, 1.165) is 56.1 Å². The van der Waals surface area contributed by atoms with Gasteiger partial charge in [0, 0.05) is 52.0 Å². The largest absolute Gasteiger partial charge is 0.343 e. The van der Waals surface area contributed by atoms with E-state index in [1.165, 1.54) is 0 Å². The SMILES string of the molecule is CC(=O)N1CCC(c2nnc3n2CCN(C(=O)[C@@H](C)c2ccccc2)CC3)CC1. The fourth-order valence-electron chi connectivity index (χ4n) is 4.48. The zero-order chi connectivity index (χ0) is 20.4. The van der Waals surface area contributed by atoms with E-state index in [0.29, 0.717) is 19.0 Å². The van der Waals surface area contributed by atoms with Crippen molar-refractivity contribution in [2.45, 2.75) is 51.5 Å². The van der Waals surface area contributed by atoms with Gasteiger partial charge in [-0.15, -0.1) is 10.2 Å². The number of hydrogen-bond acceptors (Lipinski definition) is 4. The van der Waals surface area contributed by atoms with Crippen LogP contribution in [-0.4, -0.2) is 62.6 Å². The highest BCUT2D eigenvalue weighted by atomic mass is 16.2. The maximum atomic E-state index is 13.1. The molecule has 1 aromatic heterocycles. The molecule has 1 aromatic carbocycles. The van der Waals surface area contributed by atoms with Gasteiger partial charge in [0.15, 0.2) is 0 Å². The third-order valence-electron chi connectivity index (χ3n) is 6.34. The predicted octanol–water partition coefficient (Wildman–Crippen LogP) is 2.19. The average molecular weight is 396 g/mol. The Bertz CT molecular complexity index is 871. The lowest BCUT2D eigenvalue weighted by Crippen LogP contribution is -2.37. The van der Waals surface area contributed by atoms with E-state index >= 15 is 0 Å². The monoisotopic (exact) mass is 395 g/mol. The van der Waals surface area contributed by atoms with Crippen molar-refractivity contribution in [3.63, 3.8) is 0 Å². The number of aromatic nitrogens is 3. The number of fused-ring (bicyclic) bond motifs is 1. The van der Waals surface area contributed by atoms with Crippen LogP contribution in [0.1, 0.15) is 55.7 Å². The lowest BCUT2D eigenvalue weighted by atomic mass is 9.96. The lowest BCUT2D eigenvalue weighted by molar-refractivity contribution is -0.132. The standard InChI is InChI=1S/C22H29N5O2/c1-16(18-6-4-3-5-7-18)22(29)26-13-10-20-23-24-21(27(20)15-14-26)19-8-11-25(12-9-19)17(2)28/h3-7,16,19H,8-15H2,1-2H3/t16-/m0/s1. The molecule has 0 spiro atoms. The number of likely N-dealkylation sites (tertiary alicyclic amines) is 1. The Balaban J connectivity index is 1.43. The Morgan fingerprint density at radius 2 is 1.69 bits per heavy atom. The summed E-state index contributed by atoms with van der Waals surface area (Å²) in [5.41, 5.74) is 1.05. The van der Waals surface area contributed by atoms with Gasteiger partial charge in [-0.2, -0.15) is 0 Å². The van der Waals surface area contributed by atoms with Crippen LogP contribution in [-0.2, 0) is 22.6 Å². The van der Waals surface area contributed by atoms with Crippen molar-refractivity contribution in [3.05, 3.63) is 47.5 Å². The summed E-state index contributed by atoms with van der Waals surface area (Å²) in [6.07, 6.45) is 2.57. The summed E-state index contributed by atoms with van der Waals surface area (Å²) in [6, 6.07) is 9.96. The van der Waals surface area contributed by atoms with E-state index in [9.17, 15) is 9.59 Å². The molecule has 2 aromatic rings. The lowest BCUT2D eigenvalue weighted by Gasteiger charge is -2.31. The molecule has 1 saturated heterocycles. The summed E-state index contributed by atoms with van der Waals surface area (Å²) in [6.45, 7) is 7.26. The Morgan fingerprint density at radius 1 is 0.966 bits per heavy atom. The van der Waals surface area contributed by atoms with Crippen LogP contribution in [0.25, 0.3) is 0 Å². The molecule has 0 aliphatic carbocycles. The van der Waals surface area contributed by atoms with Crippen LogP contribution in [0, 0.1) is 0 Å². The molecular formula is C22H29N5O2. The third kappa shape index (κ3) is 4.04. The number of nitrogens with zero attached hydrogens (tertiary/aromatic N) is 5. The molecular weight excluding hydrogens is 366 g/mol. The van der Waals surface area contributed by atoms with Crippen LogP contribution in [0.5, 0.6) is 0 Å². The summed E-state index contributed by atoms with van der Waals surface area (Å²) in [4.78, 5) is 28.5. The molecule has 0 bridgehead atoms. The quantitative estimate of drug-likeness (QED) is 0.799. The van der Waals surface area contributed by atoms with Crippen LogP contribution >= 0.6 is 0 Å². The van der Waals surface area contributed by atoms with E-state index in [4.69, 9.17) is 0 Å². The van der Waals surface area contributed by atoms with Gasteiger partial charge in [0.1, 0.15) is 11.6 Å². The molecule has 0 unspecified atom stereocenters. The van der Waals surface area contributed by atoms with Crippen molar-refractivity contribution in [1.82, 2.24) is 24.6 Å². The van der Waals surface area contributed by atoms with Crippen molar-refractivity contribution in [1.29, 1.82) is 0 Å². The van der Waals surface area contributed by atoms with Crippen molar-refractivity contribution in [2.24, 2.45) is 0 Å².